The van der Waals surface area contributed by atoms with Crippen molar-refractivity contribution in [3.05, 3.63) is 44.9 Å². The van der Waals surface area contributed by atoms with Gasteiger partial charge in [0.1, 0.15) is 11.3 Å². The highest BCUT2D eigenvalue weighted by Gasteiger charge is 2.13. The maximum Gasteiger partial charge on any atom is 0.330 e. The predicted octanol–water partition coefficient (Wildman–Crippen LogP) is 1.19. The molecule has 0 spiro atoms. The molecular formula is C14H15N5O2. The highest BCUT2D eigenvalue weighted by atomic mass is 16.2. The Morgan fingerprint density at radius 1 is 1.29 bits per heavy atom. The lowest BCUT2D eigenvalue weighted by molar-refractivity contribution is 0.653. The van der Waals surface area contributed by atoms with Gasteiger partial charge in [-0.15, -0.1) is 0 Å². The number of imidazole rings is 1. The molecule has 0 saturated heterocycles. The molecule has 3 rings (SSSR count). The quantitative estimate of drug-likeness (QED) is 0.755. The average Bonchev–Trinajstić information content (AvgIpc) is 2.89. The number of nitrogens with one attached hydrogen (secondary N) is 2. The van der Waals surface area contributed by atoms with E-state index >= 15 is 0 Å². The summed E-state index contributed by atoms with van der Waals surface area (Å²) in [5.74, 6) is 0.552. The van der Waals surface area contributed by atoms with Gasteiger partial charge in [0.25, 0.3) is 5.56 Å². The van der Waals surface area contributed by atoms with E-state index in [0.29, 0.717) is 23.5 Å². The highest BCUT2D eigenvalue weighted by Crippen LogP contribution is 2.18. The third-order valence-corrected chi connectivity index (χ3v) is 3.25. The van der Waals surface area contributed by atoms with Crippen LogP contribution < -0.4 is 11.2 Å². The molecule has 3 heterocycles. The number of rotatable bonds is 3. The van der Waals surface area contributed by atoms with Crippen LogP contribution in [0.2, 0.25) is 0 Å². The number of hydrogen-bond donors (Lipinski definition) is 2. The minimum Gasteiger partial charge on any atom is -0.332 e. The summed E-state index contributed by atoms with van der Waals surface area (Å²) in [6.07, 6.45) is 2.46. The zero-order valence-electron chi connectivity index (χ0n) is 11.8. The molecule has 0 atom stereocenters. The second-order valence-electron chi connectivity index (χ2n) is 4.88. The smallest absolute Gasteiger partial charge is 0.330 e. The maximum atomic E-state index is 11.9. The van der Waals surface area contributed by atoms with Crippen LogP contribution in [0.5, 0.6) is 0 Å². The van der Waals surface area contributed by atoms with Crippen molar-refractivity contribution < 1.29 is 0 Å². The molecular weight excluding hydrogens is 270 g/mol. The summed E-state index contributed by atoms with van der Waals surface area (Å²) in [5.41, 5.74) is 1.49. The molecule has 0 fully saturated rings. The van der Waals surface area contributed by atoms with Gasteiger partial charge in [0, 0.05) is 24.0 Å². The number of aromatic amines is 2. The number of aryl methyl sites for hydroxylation is 2. The van der Waals surface area contributed by atoms with Crippen LogP contribution in [0.25, 0.3) is 22.6 Å². The lowest BCUT2D eigenvalue weighted by Crippen LogP contribution is -2.30. The fraction of sp³-hybridized carbons (Fsp3) is 0.286. The van der Waals surface area contributed by atoms with Gasteiger partial charge >= 0.3 is 5.69 Å². The minimum atomic E-state index is -0.452. The first-order valence-electron chi connectivity index (χ1n) is 6.76. The van der Waals surface area contributed by atoms with E-state index in [0.717, 1.165) is 17.7 Å². The molecule has 0 aliphatic carbocycles. The number of nitrogens with zero attached hydrogens (tertiary/aromatic N) is 3. The SMILES string of the molecule is CCCn1c(=O)[nH]c(=O)c2[nH]c(-c3ccnc(C)c3)nc21. The number of hydrogen-bond acceptors (Lipinski definition) is 4. The highest BCUT2D eigenvalue weighted by molar-refractivity contribution is 5.75. The third-order valence-electron chi connectivity index (χ3n) is 3.25. The van der Waals surface area contributed by atoms with Crippen molar-refractivity contribution in [2.75, 3.05) is 0 Å². The van der Waals surface area contributed by atoms with E-state index in [1.807, 2.05) is 19.9 Å². The monoisotopic (exact) mass is 285 g/mol. The zero-order valence-corrected chi connectivity index (χ0v) is 11.8. The first-order valence-corrected chi connectivity index (χ1v) is 6.76. The Hall–Kier alpha value is -2.70. The van der Waals surface area contributed by atoms with Crippen molar-refractivity contribution in [1.29, 1.82) is 0 Å². The van der Waals surface area contributed by atoms with Gasteiger partial charge in [-0.3, -0.25) is 19.3 Å². The lowest BCUT2D eigenvalue weighted by Gasteiger charge is -2.02. The Kier molecular flexibility index (Phi) is 3.17. The van der Waals surface area contributed by atoms with Crippen molar-refractivity contribution in [2.45, 2.75) is 26.8 Å². The first-order chi connectivity index (χ1) is 10.1. The number of pyridine rings is 1. The minimum absolute atomic E-state index is 0.313. The summed E-state index contributed by atoms with van der Waals surface area (Å²) in [4.78, 5) is 37.7. The Balaban J connectivity index is 2.29. The molecule has 7 nitrogen and oxygen atoms in total. The topological polar surface area (TPSA) is 96.4 Å². The molecule has 0 bridgehead atoms. The second kappa shape index (κ2) is 5.01. The molecule has 2 N–H and O–H groups in total. The van der Waals surface area contributed by atoms with E-state index in [9.17, 15) is 9.59 Å². The van der Waals surface area contributed by atoms with Gasteiger partial charge in [-0.2, -0.15) is 0 Å². The zero-order chi connectivity index (χ0) is 15.0. The summed E-state index contributed by atoms with van der Waals surface area (Å²) in [6, 6.07) is 3.68. The molecule has 0 unspecified atom stereocenters. The molecule has 7 heteroatoms. The van der Waals surface area contributed by atoms with Crippen LogP contribution in [0, 0.1) is 6.92 Å². The van der Waals surface area contributed by atoms with E-state index in [2.05, 4.69) is 19.9 Å². The normalized spacial score (nSPS) is 11.1. The number of aromatic nitrogens is 5. The number of fused-ring (bicyclic) bond motifs is 1. The maximum absolute atomic E-state index is 11.9. The van der Waals surface area contributed by atoms with E-state index in [1.54, 1.807) is 12.3 Å². The summed E-state index contributed by atoms with van der Waals surface area (Å²) < 4.78 is 1.48. The van der Waals surface area contributed by atoms with Crippen molar-refractivity contribution in [3.63, 3.8) is 0 Å². The Morgan fingerprint density at radius 3 is 2.81 bits per heavy atom. The molecule has 0 aliphatic heterocycles. The van der Waals surface area contributed by atoms with Crippen LogP contribution in [0.3, 0.4) is 0 Å². The molecule has 0 saturated carbocycles. The molecule has 3 aromatic rings. The van der Waals surface area contributed by atoms with Gasteiger partial charge in [-0.05, 0) is 25.5 Å². The van der Waals surface area contributed by atoms with Gasteiger partial charge in [0.15, 0.2) is 5.65 Å². The van der Waals surface area contributed by atoms with Crippen LogP contribution in [-0.2, 0) is 6.54 Å². The molecule has 0 amide bonds. The van der Waals surface area contributed by atoms with Gasteiger partial charge < -0.3 is 4.98 Å². The van der Waals surface area contributed by atoms with E-state index in [1.165, 1.54) is 4.57 Å². The van der Waals surface area contributed by atoms with Crippen molar-refractivity contribution >= 4 is 11.2 Å². The molecule has 0 radical (unpaired) electrons. The molecule has 0 aromatic carbocycles. The van der Waals surface area contributed by atoms with Crippen LogP contribution in [-0.4, -0.2) is 24.5 Å². The van der Waals surface area contributed by atoms with Crippen LogP contribution in [0.15, 0.2) is 27.9 Å². The van der Waals surface area contributed by atoms with Crippen LogP contribution in [0.4, 0.5) is 0 Å². The van der Waals surface area contributed by atoms with E-state index in [4.69, 9.17) is 0 Å². The van der Waals surface area contributed by atoms with Gasteiger partial charge in [0.05, 0.1) is 0 Å². The Morgan fingerprint density at radius 2 is 2.10 bits per heavy atom. The molecule has 108 valence electrons. The van der Waals surface area contributed by atoms with E-state index < -0.39 is 11.2 Å². The van der Waals surface area contributed by atoms with Gasteiger partial charge in [-0.25, -0.2) is 9.78 Å². The molecule has 0 aliphatic rings. The first kappa shape index (κ1) is 13.3. The standard InChI is InChI=1S/C14H15N5O2/c1-3-6-19-12-10(13(20)18-14(19)21)16-11(17-12)9-4-5-15-8(2)7-9/h4-5,7H,3,6H2,1-2H3,(H,16,17)(H,18,20,21). The fourth-order valence-electron chi connectivity index (χ4n) is 2.30. The van der Waals surface area contributed by atoms with Crippen LogP contribution in [0.1, 0.15) is 19.0 Å². The molecule has 21 heavy (non-hydrogen) atoms. The largest absolute Gasteiger partial charge is 0.332 e. The van der Waals surface area contributed by atoms with Crippen molar-refractivity contribution in [2.24, 2.45) is 0 Å². The van der Waals surface area contributed by atoms with Crippen molar-refractivity contribution in [3.8, 4) is 11.4 Å². The summed E-state index contributed by atoms with van der Waals surface area (Å²) in [5, 5.41) is 0. The lowest BCUT2D eigenvalue weighted by atomic mass is 10.2. The average molecular weight is 285 g/mol. The van der Waals surface area contributed by atoms with Crippen LogP contribution >= 0.6 is 0 Å². The third kappa shape index (κ3) is 2.26. The Labute approximate surface area is 119 Å². The summed E-state index contributed by atoms with van der Waals surface area (Å²) in [7, 11) is 0. The second-order valence-corrected chi connectivity index (χ2v) is 4.88. The van der Waals surface area contributed by atoms with E-state index in [-0.39, 0.29) is 0 Å². The van der Waals surface area contributed by atoms with Gasteiger partial charge in [0.2, 0.25) is 0 Å². The number of H-pyrrole nitrogens is 2. The van der Waals surface area contributed by atoms with Gasteiger partial charge in [-0.1, -0.05) is 6.92 Å². The summed E-state index contributed by atoms with van der Waals surface area (Å²) in [6.45, 7) is 4.35. The van der Waals surface area contributed by atoms with Crippen molar-refractivity contribution in [1.82, 2.24) is 24.5 Å². The summed E-state index contributed by atoms with van der Waals surface area (Å²) >= 11 is 0. The Bertz CT molecular complexity index is 919. The molecule has 3 aromatic heterocycles. The fourth-order valence-corrected chi connectivity index (χ4v) is 2.30. The predicted molar refractivity (Wildman–Crippen MR) is 79.2 cm³/mol.